The van der Waals surface area contributed by atoms with Crippen LogP contribution in [0.2, 0.25) is 0 Å². The van der Waals surface area contributed by atoms with Crippen LogP contribution in [0.4, 0.5) is 17.1 Å². The first kappa shape index (κ1) is 20.0. The quantitative estimate of drug-likeness (QED) is 0.614. The highest BCUT2D eigenvalue weighted by molar-refractivity contribution is 6.34. The molecular formula is C26H23N3O3. The third kappa shape index (κ3) is 3.64. The van der Waals surface area contributed by atoms with Crippen molar-refractivity contribution in [3.05, 3.63) is 89.5 Å². The smallest absolute Gasteiger partial charge is 0.266 e. The van der Waals surface area contributed by atoms with Crippen molar-refractivity contribution in [1.82, 2.24) is 0 Å². The van der Waals surface area contributed by atoms with Crippen molar-refractivity contribution in [2.45, 2.75) is 19.3 Å². The van der Waals surface area contributed by atoms with E-state index in [9.17, 15) is 14.4 Å². The number of anilines is 3. The lowest BCUT2D eigenvalue weighted by Gasteiger charge is -2.28. The third-order valence-corrected chi connectivity index (χ3v) is 6.01. The van der Waals surface area contributed by atoms with Gasteiger partial charge in [0.1, 0.15) is 0 Å². The van der Waals surface area contributed by atoms with Crippen LogP contribution in [0, 0.1) is 0 Å². The van der Waals surface area contributed by atoms with Crippen molar-refractivity contribution in [3.63, 3.8) is 0 Å². The van der Waals surface area contributed by atoms with E-state index in [4.69, 9.17) is 0 Å². The summed E-state index contributed by atoms with van der Waals surface area (Å²) in [7, 11) is 0. The summed E-state index contributed by atoms with van der Waals surface area (Å²) in [6.07, 6.45) is 3.70. The van der Waals surface area contributed by atoms with Crippen LogP contribution in [-0.2, 0) is 0 Å². The Morgan fingerprint density at radius 2 is 1.38 bits per heavy atom. The van der Waals surface area contributed by atoms with Crippen LogP contribution in [0.5, 0.6) is 0 Å². The molecule has 0 aromatic heterocycles. The fraction of sp³-hybridized carbons (Fsp3) is 0.192. The zero-order valence-corrected chi connectivity index (χ0v) is 17.6. The van der Waals surface area contributed by atoms with Crippen LogP contribution in [-0.4, -0.2) is 30.8 Å². The molecule has 1 N–H and O–H groups in total. The van der Waals surface area contributed by atoms with E-state index in [0.29, 0.717) is 28.1 Å². The van der Waals surface area contributed by atoms with Gasteiger partial charge in [0, 0.05) is 30.0 Å². The molecule has 3 aromatic rings. The Labute approximate surface area is 186 Å². The van der Waals surface area contributed by atoms with Gasteiger partial charge in [-0.2, -0.15) is 0 Å². The highest BCUT2D eigenvalue weighted by Crippen LogP contribution is 2.29. The van der Waals surface area contributed by atoms with E-state index in [-0.39, 0.29) is 17.7 Å². The van der Waals surface area contributed by atoms with Crippen LogP contribution < -0.4 is 15.1 Å². The minimum Gasteiger partial charge on any atom is -0.372 e. The molecule has 5 rings (SSSR count). The molecule has 160 valence electrons. The molecule has 0 aliphatic carbocycles. The Hall–Kier alpha value is -3.93. The van der Waals surface area contributed by atoms with Crippen molar-refractivity contribution in [3.8, 4) is 0 Å². The maximum atomic E-state index is 12.8. The molecule has 0 radical (unpaired) electrons. The normalized spacial score (nSPS) is 15.6. The van der Waals surface area contributed by atoms with Crippen LogP contribution >= 0.6 is 0 Å². The summed E-state index contributed by atoms with van der Waals surface area (Å²) < 4.78 is 0. The van der Waals surface area contributed by atoms with Gasteiger partial charge in [-0.3, -0.25) is 14.4 Å². The van der Waals surface area contributed by atoms with Gasteiger partial charge in [0.2, 0.25) is 0 Å². The minimum absolute atomic E-state index is 0.297. The zero-order chi connectivity index (χ0) is 22.1. The van der Waals surface area contributed by atoms with E-state index >= 15 is 0 Å². The van der Waals surface area contributed by atoms with Crippen LogP contribution in [0.25, 0.3) is 0 Å². The molecule has 2 aliphatic heterocycles. The molecule has 0 bridgehead atoms. The summed E-state index contributed by atoms with van der Waals surface area (Å²) in [5.74, 6) is -1.05. The van der Waals surface area contributed by atoms with Crippen molar-refractivity contribution in [1.29, 1.82) is 0 Å². The average molecular weight is 425 g/mol. The lowest BCUT2D eigenvalue weighted by molar-refractivity contribution is 0.0924. The summed E-state index contributed by atoms with van der Waals surface area (Å²) in [5.41, 5.74) is 3.36. The van der Waals surface area contributed by atoms with Gasteiger partial charge in [-0.05, 0) is 73.9 Å². The topological polar surface area (TPSA) is 69.7 Å². The van der Waals surface area contributed by atoms with Gasteiger partial charge in [-0.25, -0.2) is 4.90 Å². The van der Waals surface area contributed by atoms with E-state index in [1.807, 2.05) is 24.3 Å². The molecule has 1 saturated heterocycles. The minimum atomic E-state index is -0.378. The van der Waals surface area contributed by atoms with Crippen LogP contribution in [0.15, 0.2) is 72.8 Å². The number of carbonyl (C=O) groups is 3. The predicted molar refractivity (Wildman–Crippen MR) is 124 cm³/mol. The van der Waals surface area contributed by atoms with Gasteiger partial charge in [0.15, 0.2) is 0 Å². The monoisotopic (exact) mass is 425 g/mol. The molecule has 0 atom stereocenters. The van der Waals surface area contributed by atoms with E-state index in [0.717, 1.165) is 23.7 Å². The summed E-state index contributed by atoms with van der Waals surface area (Å²) >= 11 is 0. The number of piperidine rings is 1. The first-order valence-electron chi connectivity index (χ1n) is 10.9. The molecule has 0 spiro atoms. The van der Waals surface area contributed by atoms with Crippen molar-refractivity contribution in [2.24, 2.45) is 0 Å². The van der Waals surface area contributed by atoms with Crippen molar-refractivity contribution in [2.75, 3.05) is 28.2 Å². The van der Waals surface area contributed by atoms with E-state index in [1.54, 1.807) is 48.5 Å². The molecule has 0 unspecified atom stereocenters. The fourth-order valence-electron chi connectivity index (χ4n) is 4.32. The molecular weight excluding hydrogens is 402 g/mol. The van der Waals surface area contributed by atoms with E-state index < -0.39 is 0 Å². The number of fused-ring (bicyclic) bond motifs is 1. The maximum Gasteiger partial charge on any atom is 0.266 e. The third-order valence-electron chi connectivity index (χ3n) is 6.01. The number of rotatable bonds is 4. The van der Waals surface area contributed by atoms with Gasteiger partial charge < -0.3 is 10.2 Å². The summed E-state index contributed by atoms with van der Waals surface area (Å²) in [5, 5.41) is 2.90. The van der Waals surface area contributed by atoms with Gasteiger partial charge in [-0.1, -0.05) is 18.2 Å². The number of carbonyl (C=O) groups excluding carboxylic acids is 3. The van der Waals surface area contributed by atoms with Gasteiger partial charge in [-0.15, -0.1) is 0 Å². The molecule has 2 heterocycles. The average Bonchev–Trinajstić information content (AvgIpc) is 3.10. The first-order chi connectivity index (χ1) is 15.6. The second-order valence-electron chi connectivity index (χ2n) is 8.09. The van der Waals surface area contributed by atoms with Gasteiger partial charge in [0.05, 0.1) is 16.8 Å². The molecule has 1 fully saturated rings. The fourth-order valence-corrected chi connectivity index (χ4v) is 4.32. The number of imide groups is 1. The number of hydrogen-bond donors (Lipinski definition) is 1. The van der Waals surface area contributed by atoms with E-state index in [2.05, 4.69) is 10.2 Å². The number of nitrogens with one attached hydrogen (secondary N) is 1. The van der Waals surface area contributed by atoms with Crippen molar-refractivity contribution < 1.29 is 14.4 Å². The zero-order valence-electron chi connectivity index (χ0n) is 17.6. The second kappa shape index (κ2) is 8.30. The number of amides is 3. The Morgan fingerprint density at radius 3 is 2.03 bits per heavy atom. The molecule has 2 aliphatic rings. The lowest BCUT2D eigenvalue weighted by Crippen LogP contribution is -2.29. The molecule has 3 amide bonds. The Morgan fingerprint density at radius 1 is 0.719 bits per heavy atom. The Bertz CT molecular complexity index is 1160. The molecule has 0 saturated carbocycles. The molecule has 3 aromatic carbocycles. The number of benzene rings is 3. The Kier molecular flexibility index (Phi) is 5.19. The van der Waals surface area contributed by atoms with E-state index in [1.165, 1.54) is 19.3 Å². The highest BCUT2D eigenvalue weighted by Gasteiger charge is 2.36. The van der Waals surface area contributed by atoms with Crippen LogP contribution in [0.1, 0.15) is 50.3 Å². The van der Waals surface area contributed by atoms with Crippen molar-refractivity contribution >= 4 is 34.8 Å². The second-order valence-corrected chi connectivity index (χ2v) is 8.09. The molecule has 32 heavy (non-hydrogen) atoms. The predicted octanol–water partition coefficient (Wildman–Crippen LogP) is 4.73. The number of nitrogens with zero attached hydrogens (tertiary/aromatic N) is 2. The first-order valence-corrected chi connectivity index (χ1v) is 10.9. The summed E-state index contributed by atoms with van der Waals surface area (Å²) in [6, 6.07) is 21.1. The summed E-state index contributed by atoms with van der Waals surface area (Å²) in [4.78, 5) is 41.8. The molecule has 6 heteroatoms. The largest absolute Gasteiger partial charge is 0.372 e. The van der Waals surface area contributed by atoms with Gasteiger partial charge >= 0.3 is 0 Å². The lowest BCUT2D eigenvalue weighted by atomic mass is 10.1. The SMILES string of the molecule is O=C(Nc1ccc(N2CCCCC2)cc1)c1cccc(N2C(=O)c3ccccc3C2=O)c1. The highest BCUT2D eigenvalue weighted by atomic mass is 16.2. The maximum absolute atomic E-state index is 12.8. The van der Waals surface area contributed by atoms with Crippen LogP contribution in [0.3, 0.4) is 0 Å². The standard InChI is InChI=1S/C26H23N3O3/c30-24(27-19-11-13-20(14-12-19)28-15-4-1-5-16-28)18-7-6-8-21(17-18)29-25(31)22-9-2-3-10-23(22)26(29)32/h2-3,6-14,17H,1,4-5,15-16H2,(H,27,30). The number of hydrogen-bond acceptors (Lipinski definition) is 4. The molecule has 6 nitrogen and oxygen atoms in total. The Balaban J connectivity index is 1.32. The van der Waals surface area contributed by atoms with Gasteiger partial charge in [0.25, 0.3) is 17.7 Å². The summed E-state index contributed by atoms with van der Waals surface area (Å²) in [6.45, 7) is 2.13.